The van der Waals surface area contributed by atoms with Crippen molar-refractivity contribution in [1.29, 1.82) is 0 Å². The van der Waals surface area contributed by atoms with Gasteiger partial charge in [0.1, 0.15) is 12.8 Å². The Balaban J connectivity index is 0.000000401. The molecule has 0 saturated carbocycles. The number of halogens is 1. The molecule has 0 saturated heterocycles. The minimum atomic E-state index is 0. The van der Waals surface area contributed by atoms with E-state index in [4.69, 9.17) is 9.15 Å². The lowest BCUT2D eigenvalue weighted by Gasteiger charge is -2.14. The number of hydrogen-bond donors (Lipinski definition) is 0. The van der Waals surface area contributed by atoms with Crippen LogP contribution in [0.15, 0.2) is 94.3 Å². The topological polar surface area (TPSA) is 55.5 Å². The van der Waals surface area contributed by atoms with Crippen LogP contribution in [0.3, 0.4) is 0 Å². The number of aryl methyl sites for hydroxylation is 1. The van der Waals surface area contributed by atoms with E-state index in [1.807, 2.05) is 54.6 Å². The maximum atomic E-state index is 5.96. The molecule has 2 aromatic carbocycles. The molecule has 5 rings (SSSR count). The van der Waals surface area contributed by atoms with Crippen LogP contribution in [-0.4, -0.2) is 11.5 Å². The summed E-state index contributed by atoms with van der Waals surface area (Å²) in [7, 11) is 0. The van der Waals surface area contributed by atoms with Crippen molar-refractivity contribution in [3.05, 3.63) is 91.3 Å². The Kier molecular flexibility index (Phi) is 7.88. The maximum absolute atomic E-state index is 5.96. The summed E-state index contributed by atoms with van der Waals surface area (Å²) in [5.41, 5.74) is 3.12. The third kappa shape index (κ3) is 4.99. The first-order valence-corrected chi connectivity index (χ1v) is 9.98. The number of anilines is 1. The van der Waals surface area contributed by atoms with Crippen LogP contribution in [0, 0.1) is 0 Å². The molecule has 3 heterocycles. The number of nitrogens with zero attached hydrogens (tertiary/aromatic N) is 3. The number of allylic oxidation sites excluding steroid dienone is 2. The first-order valence-electron chi connectivity index (χ1n) is 9.98. The number of fused-ring (bicyclic) bond motifs is 2. The third-order valence-electron chi connectivity index (χ3n) is 4.73. The highest BCUT2D eigenvalue weighted by Gasteiger charge is 2.24. The first-order chi connectivity index (χ1) is 14.8. The first kappa shape index (κ1) is 22.6. The molecule has 1 aliphatic heterocycles. The zero-order valence-corrected chi connectivity index (χ0v) is 19.6. The molecule has 0 N–H and O–H groups in total. The summed E-state index contributed by atoms with van der Waals surface area (Å²) in [5, 5.41) is 0. The van der Waals surface area contributed by atoms with Gasteiger partial charge in [-0.05, 0) is 44.2 Å². The molecule has 0 amide bonds. The number of aromatic nitrogens is 2. The minimum Gasteiger partial charge on any atom is -1.00 e. The normalized spacial score (nSPS) is 13.6. The summed E-state index contributed by atoms with van der Waals surface area (Å²) in [6.07, 6.45) is 10.4. The highest BCUT2D eigenvalue weighted by Crippen LogP contribution is 2.38. The molecule has 160 valence electrons. The van der Waals surface area contributed by atoms with Crippen LogP contribution in [0.1, 0.15) is 19.7 Å². The van der Waals surface area contributed by atoms with Crippen molar-refractivity contribution in [2.24, 2.45) is 0 Å². The van der Waals surface area contributed by atoms with Crippen LogP contribution in [0.4, 0.5) is 5.69 Å². The van der Waals surface area contributed by atoms with Crippen LogP contribution in [0.5, 0.6) is 5.75 Å². The van der Waals surface area contributed by atoms with E-state index in [2.05, 4.69) is 44.8 Å². The van der Waals surface area contributed by atoms with Crippen molar-refractivity contribution in [3.63, 3.8) is 0 Å². The van der Waals surface area contributed by atoms with Gasteiger partial charge in [0.25, 0.3) is 5.52 Å². The van der Waals surface area contributed by atoms with Crippen molar-refractivity contribution >= 4 is 22.9 Å². The SMILES string of the molecule is CCN1C(=CC=Cc2oc3ccccc3[n+]2CC)Oc2ccccc21.[I-].c1cocn1. The fraction of sp³-hybridized carbons (Fsp3) is 0.167. The molecule has 1 aliphatic rings. The molecular weight excluding hydrogens is 505 g/mol. The lowest BCUT2D eigenvalue weighted by Crippen LogP contribution is -3.00. The zero-order valence-electron chi connectivity index (χ0n) is 17.4. The Bertz CT molecular complexity index is 1150. The van der Waals surface area contributed by atoms with Crippen molar-refractivity contribution in [1.82, 2.24) is 4.98 Å². The van der Waals surface area contributed by atoms with Gasteiger partial charge in [0, 0.05) is 12.6 Å². The van der Waals surface area contributed by atoms with Crippen LogP contribution >= 0.6 is 0 Å². The van der Waals surface area contributed by atoms with Crippen molar-refractivity contribution in [2.45, 2.75) is 20.4 Å². The largest absolute Gasteiger partial charge is 1.00 e. The van der Waals surface area contributed by atoms with E-state index >= 15 is 0 Å². The van der Waals surface area contributed by atoms with Crippen LogP contribution in [0.2, 0.25) is 0 Å². The standard InChI is InChI=1S/C21H21N2O2.C3H3NO.HI/c1-3-22-16-10-5-7-12-18(16)24-20(22)14-9-15-21-23(4-2)17-11-6-8-13-19(17)25-21;1-2-5-3-4-1;/h5-15H,3-4H2,1-2H3;1-3H;1H/q+1;;/p-1. The average molecular weight is 529 g/mol. The van der Waals surface area contributed by atoms with E-state index in [9.17, 15) is 0 Å². The van der Waals surface area contributed by atoms with Gasteiger partial charge in [-0.25, -0.2) is 4.98 Å². The number of benzene rings is 2. The third-order valence-corrected chi connectivity index (χ3v) is 4.73. The van der Waals surface area contributed by atoms with Gasteiger partial charge in [0.15, 0.2) is 12.1 Å². The predicted octanol–water partition coefficient (Wildman–Crippen LogP) is 2.19. The van der Waals surface area contributed by atoms with E-state index in [1.165, 1.54) is 12.7 Å². The Morgan fingerprint density at radius 1 is 1.06 bits per heavy atom. The molecule has 6 nitrogen and oxygen atoms in total. The highest BCUT2D eigenvalue weighted by atomic mass is 127. The molecule has 0 fully saturated rings. The summed E-state index contributed by atoms with van der Waals surface area (Å²) >= 11 is 0. The van der Waals surface area contributed by atoms with Crippen LogP contribution < -0.4 is 38.2 Å². The Morgan fingerprint density at radius 3 is 2.58 bits per heavy atom. The Morgan fingerprint density at radius 2 is 1.87 bits per heavy atom. The second-order valence-corrected chi connectivity index (χ2v) is 6.51. The summed E-state index contributed by atoms with van der Waals surface area (Å²) < 4.78 is 18.6. The molecule has 2 aromatic heterocycles. The van der Waals surface area contributed by atoms with Gasteiger partial charge in [-0.3, -0.25) is 0 Å². The lowest BCUT2D eigenvalue weighted by molar-refractivity contribution is -0.674. The minimum absolute atomic E-state index is 0. The van der Waals surface area contributed by atoms with Gasteiger partial charge in [0.05, 0.1) is 18.0 Å². The van der Waals surface area contributed by atoms with Gasteiger partial charge < -0.3 is 42.4 Å². The van der Waals surface area contributed by atoms with Gasteiger partial charge in [-0.15, -0.1) is 0 Å². The van der Waals surface area contributed by atoms with E-state index in [0.717, 1.165) is 47.4 Å². The molecule has 7 heteroatoms. The maximum Gasteiger partial charge on any atom is 0.374 e. The number of hydrogen-bond acceptors (Lipinski definition) is 5. The van der Waals surface area contributed by atoms with Gasteiger partial charge in [-0.2, -0.15) is 4.57 Å². The second kappa shape index (κ2) is 10.8. The summed E-state index contributed by atoms with van der Waals surface area (Å²) in [4.78, 5) is 5.71. The van der Waals surface area contributed by atoms with E-state index in [-0.39, 0.29) is 24.0 Å². The summed E-state index contributed by atoms with van der Waals surface area (Å²) in [5.74, 6) is 2.56. The molecule has 0 bridgehead atoms. The monoisotopic (exact) mass is 529 g/mol. The van der Waals surface area contributed by atoms with Gasteiger partial charge >= 0.3 is 5.89 Å². The fourth-order valence-corrected chi connectivity index (χ4v) is 3.39. The van der Waals surface area contributed by atoms with Crippen molar-refractivity contribution in [3.8, 4) is 5.75 Å². The molecule has 31 heavy (non-hydrogen) atoms. The van der Waals surface area contributed by atoms with Crippen LogP contribution in [0.25, 0.3) is 17.2 Å². The fourth-order valence-electron chi connectivity index (χ4n) is 3.39. The number of rotatable bonds is 4. The quantitative estimate of drug-likeness (QED) is 0.300. The van der Waals surface area contributed by atoms with Crippen LogP contribution in [-0.2, 0) is 6.54 Å². The molecule has 0 radical (unpaired) electrons. The van der Waals surface area contributed by atoms with E-state index in [1.54, 1.807) is 6.20 Å². The van der Waals surface area contributed by atoms with E-state index in [0.29, 0.717) is 0 Å². The summed E-state index contributed by atoms with van der Waals surface area (Å²) in [6.45, 7) is 5.95. The molecule has 0 atom stereocenters. The highest BCUT2D eigenvalue weighted by molar-refractivity contribution is 5.70. The Labute approximate surface area is 198 Å². The number of ether oxygens (including phenoxy) is 1. The predicted molar refractivity (Wildman–Crippen MR) is 116 cm³/mol. The molecule has 4 aromatic rings. The lowest BCUT2D eigenvalue weighted by atomic mass is 10.3. The molecule has 0 unspecified atom stereocenters. The van der Waals surface area contributed by atoms with Gasteiger partial charge in [-0.1, -0.05) is 24.3 Å². The van der Waals surface area contributed by atoms with Gasteiger partial charge in [0.2, 0.25) is 11.5 Å². The zero-order chi connectivity index (χ0) is 20.8. The smallest absolute Gasteiger partial charge is 0.374 e. The molecular formula is C24H24IN3O3. The summed E-state index contributed by atoms with van der Waals surface area (Å²) in [6, 6.07) is 16.2. The van der Waals surface area contributed by atoms with Crippen molar-refractivity contribution in [2.75, 3.05) is 11.4 Å². The van der Waals surface area contributed by atoms with E-state index < -0.39 is 0 Å². The second-order valence-electron chi connectivity index (χ2n) is 6.51. The molecule has 0 aliphatic carbocycles. The Hall–Kier alpha value is -3.07. The average Bonchev–Trinajstić information content (AvgIpc) is 3.52. The molecule has 0 spiro atoms. The number of para-hydroxylation sites is 4. The number of oxazole rings is 2. The van der Waals surface area contributed by atoms with Crippen molar-refractivity contribution < 1.29 is 42.1 Å².